The number of para-hydroxylation sites is 1. The molecule has 9 heteroatoms. The number of hydrogen-bond acceptors (Lipinski definition) is 5. The van der Waals surface area contributed by atoms with E-state index in [1.807, 2.05) is 13.0 Å². The van der Waals surface area contributed by atoms with Crippen LogP contribution in [0.3, 0.4) is 0 Å². The van der Waals surface area contributed by atoms with Crippen molar-refractivity contribution in [3.63, 3.8) is 0 Å². The smallest absolute Gasteiger partial charge is 0.379 e. The largest absolute Gasteiger partial charge is 0.462 e. The first-order valence-corrected chi connectivity index (χ1v) is 12.5. The van der Waals surface area contributed by atoms with Crippen LogP contribution in [0, 0.1) is 0 Å². The molecule has 0 heterocycles. The first-order chi connectivity index (χ1) is 13.2. The Bertz CT molecular complexity index is 833. The number of ether oxygens (including phenoxy) is 1. The Morgan fingerprint density at radius 1 is 1.14 bits per heavy atom. The first kappa shape index (κ1) is 23.1. The van der Waals surface area contributed by atoms with E-state index >= 15 is 0 Å². The van der Waals surface area contributed by atoms with Crippen LogP contribution in [-0.2, 0) is 14.1 Å². The van der Waals surface area contributed by atoms with Gasteiger partial charge < -0.3 is 9.26 Å². The quantitative estimate of drug-likeness (QED) is 0.335. The number of benzene rings is 2. The molecule has 0 saturated heterocycles. The standard InChI is InChI=1S/C19H22Cl2NO4PS/c1-4-13(2)25-19(23)14(3)22-27(24,26-17-8-6-5-7-9-17)28-18-11-15(20)10-16(21)12-18/h5-14H,4H2,1-3H3,(H,22,24)/t13-,14-,27+/m0/s1. The molecule has 0 aliphatic carbocycles. The maximum Gasteiger partial charge on any atom is 0.379 e. The summed E-state index contributed by atoms with van der Waals surface area (Å²) in [7, 11) is 0. The summed E-state index contributed by atoms with van der Waals surface area (Å²) >= 11 is 13.0. The van der Waals surface area contributed by atoms with Crippen LogP contribution in [0.4, 0.5) is 0 Å². The molecule has 0 spiro atoms. The molecule has 2 aromatic rings. The van der Waals surface area contributed by atoms with Crippen molar-refractivity contribution in [2.24, 2.45) is 0 Å². The van der Waals surface area contributed by atoms with E-state index < -0.39 is 18.7 Å². The molecule has 0 saturated carbocycles. The molecule has 5 nitrogen and oxygen atoms in total. The summed E-state index contributed by atoms with van der Waals surface area (Å²) in [6.45, 7) is 1.68. The van der Waals surface area contributed by atoms with Crippen molar-refractivity contribution in [3.8, 4) is 5.75 Å². The molecule has 0 bridgehead atoms. The minimum absolute atomic E-state index is 0.231. The summed E-state index contributed by atoms with van der Waals surface area (Å²) < 4.78 is 24.6. The van der Waals surface area contributed by atoms with E-state index in [0.717, 1.165) is 11.4 Å². The van der Waals surface area contributed by atoms with Gasteiger partial charge in [-0.2, -0.15) is 0 Å². The molecule has 0 radical (unpaired) electrons. The van der Waals surface area contributed by atoms with Gasteiger partial charge in [0.1, 0.15) is 11.8 Å². The number of nitrogens with one attached hydrogen (secondary N) is 1. The molecular formula is C19H22Cl2NO4PS. The van der Waals surface area contributed by atoms with Crippen LogP contribution in [0.5, 0.6) is 5.75 Å². The molecule has 3 atom stereocenters. The normalized spacial score (nSPS) is 15.3. The van der Waals surface area contributed by atoms with Crippen molar-refractivity contribution in [1.82, 2.24) is 5.09 Å². The van der Waals surface area contributed by atoms with Gasteiger partial charge >= 0.3 is 12.7 Å². The molecule has 0 amide bonds. The fourth-order valence-electron chi connectivity index (χ4n) is 2.09. The Balaban J connectivity index is 2.25. The van der Waals surface area contributed by atoms with Crippen molar-refractivity contribution < 1.29 is 18.6 Å². The third-order valence-electron chi connectivity index (χ3n) is 3.63. The fourth-order valence-corrected chi connectivity index (χ4v) is 6.65. The number of rotatable bonds is 9. The second kappa shape index (κ2) is 10.6. The maximum atomic E-state index is 13.6. The van der Waals surface area contributed by atoms with Crippen LogP contribution in [0.25, 0.3) is 0 Å². The zero-order valence-corrected chi connectivity index (χ0v) is 18.9. The Morgan fingerprint density at radius 2 is 1.75 bits per heavy atom. The first-order valence-electron chi connectivity index (χ1n) is 8.69. The second-order valence-electron chi connectivity index (χ2n) is 6.10. The van der Waals surface area contributed by atoms with Gasteiger partial charge in [-0.1, -0.05) is 48.3 Å². The van der Waals surface area contributed by atoms with E-state index in [1.54, 1.807) is 56.3 Å². The molecule has 0 aliphatic rings. The minimum atomic E-state index is -3.62. The van der Waals surface area contributed by atoms with Crippen LogP contribution in [0.15, 0.2) is 53.4 Å². The molecular weight excluding hydrogens is 440 g/mol. The lowest BCUT2D eigenvalue weighted by atomic mass is 10.3. The van der Waals surface area contributed by atoms with E-state index in [1.165, 1.54) is 0 Å². The highest BCUT2D eigenvalue weighted by Crippen LogP contribution is 2.59. The average Bonchev–Trinajstić information content (AvgIpc) is 2.60. The van der Waals surface area contributed by atoms with Crippen LogP contribution >= 0.6 is 41.3 Å². The van der Waals surface area contributed by atoms with Crippen molar-refractivity contribution >= 4 is 47.3 Å². The van der Waals surface area contributed by atoms with E-state index in [9.17, 15) is 9.36 Å². The number of esters is 1. The fraction of sp³-hybridized carbons (Fsp3) is 0.316. The van der Waals surface area contributed by atoms with Crippen molar-refractivity contribution in [3.05, 3.63) is 58.6 Å². The van der Waals surface area contributed by atoms with Gasteiger partial charge in [-0.3, -0.25) is 4.79 Å². The second-order valence-corrected chi connectivity index (χ2v) is 11.1. The van der Waals surface area contributed by atoms with Gasteiger partial charge in [0.25, 0.3) is 0 Å². The summed E-state index contributed by atoms with van der Waals surface area (Å²) in [6.07, 6.45) is 0.456. The SMILES string of the molecule is CC[C@H](C)OC(=O)[C@H](C)N[P@@](=O)(Oc1ccccc1)Sc1cc(Cl)cc(Cl)c1. The summed E-state index contributed by atoms with van der Waals surface area (Å²) in [4.78, 5) is 12.8. The summed E-state index contributed by atoms with van der Waals surface area (Å²) in [5.41, 5.74) is 0. The van der Waals surface area contributed by atoms with E-state index in [-0.39, 0.29) is 6.10 Å². The van der Waals surface area contributed by atoms with Crippen LogP contribution < -0.4 is 9.61 Å². The summed E-state index contributed by atoms with van der Waals surface area (Å²) in [5.74, 6) is -0.0996. The highest BCUT2D eigenvalue weighted by molar-refractivity contribution is 8.56. The highest BCUT2D eigenvalue weighted by Gasteiger charge is 2.32. The van der Waals surface area contributed by atoms with Crippen molar-refractivity contribution in [1.29, 1.82) is 0 Å². The van der Waals surface area contributed by atoms with Crippen LogP contribution in [0.1, 0.15) is 27.2 Å². The molecule has 2 rings (SSSR count). The number of carbonyl (C=O) groups excluding carboxylic acids is 1. The molecule has 0 unspecified atom stereocenters. The molecule has 1 N–H and O–H groups in total. The highest BCUT2D eigenvalue weighted by atomic mass is 35.5. The van der Waals surface area contributed by atoms with E-state index in [2.05, 4.69) is 5.09 Å². The van der Waals surface area contributed by atoms with Crippen LogP contribution in [0.2, 0.25) is 10.0 Å². The van der Waals surface area contributed by atoms with Gasteiger partial charge in [0.2, 0.25) is 0 Å². The monoisotopic (exact) mass is 461 g/mol. The Labute approximate surface area is 179 Å². The maximum absolute atomic E-state index is 13.6. The zero-order chi connectivity index (χ0) is 20.7. The number of carbonyl (C=O) groups is 1. The van der Waals surface area contributed by atoms with Gasteiger partial charge in [-0.15, -0.1) is 0 Å². The van der Waals surface area contributed by atoms with Crippen molar-refractivity contribution in [2.75, 3.05) is 0 Å². The van der Waals surface area contributed by atoms with Gasteiger partial charge in [-0.05, 0) is 62.0 Å². The van der Waals surface area contributed by atoms with Gasteiger partial charge in [-0.25, -0.2) is 9.65 Å². The lowest BCUT2D eigenvalue weighted by Gasteiger charge is -2.23. The molecule has 28 heavy (non-hydrogen) atoms. The lowest BCUT2D eigenvalue weighted by molar-refractivity contribution is -0.149. The third kappa shape index (κ3) is 7.34. The van der Waals surface area contributed by atoms with E-state index in [0.29, 0.717) is 27.1 Å². The average molecular weight is 462 g/mol. The molecule has 0 aliphatic heterocycles. The minimum Gasteiger partial charge on any atom is -0.462 e. The van der Waals surface area contributed by atoms with Gasteiger partial charge in [0, 0.05) is 14.9 Å². The van der Waals surface area contributed by atoms with Crippen LogP contribution in [-0.4, -0.2) is 18.1 Å². The molecule has 0 fully saturated rings. The lowest BCUT2D eigenvalue weighted by Crippen LogP contribution is -2.35. The van der Waals surface area contributed by atoms with Gasteiger partial charge in [0.05, 0.1) is 6.10 Å². The van der Waals surface area contributed by atoms with Crippen molar-refractivity contribution in [2.45, 2.75) is 44.2 Å². The molecule has 0 aromatic heterocycles. The summed E-state index contributed by atoms with van der Waals surface area (Å²) in [6, 6.07) is 12.7. The Morgan fingerprint density at radius 3 is 2.32 bits per heavy atom. The van der Waals surface area contributed by atoms with E-state index in [4.69, 9.17) is 32.5 Å². The number of hydrogen-bond donors (Lipinski definition) is 1. The topological polar surface area (TPSA) is 64.6 Å². The predicted octanol–water partition coefficient (Wildman–Crippen LogP) is 6.59. The summed E-state index contributed by atoms with van der Waals surface area (Å²) in [5, 5.41) is 3.61. The Hall–Kier alpha value is -1.17. The predicted molar refractivity (Wildman–Crippen MR) is 115 cm³/mol. The number of halogens is 2. The molecule has 152 valence electrons. The molecule has 2 aromatic carbocycles. The van der Waals surface area contributed by atoms with Gasteiger partial charge in [0.15, 0.2) is 0 Å². The Kier molecular flexibility index (Phi) is 8.72. The third-order valence-corrected chi connectivity index (χ3v) is 7.80. The zero-order valence-electron chi connectivity index (χ0n) is 15.7.